The number of ether oxygens (including phenoxy) is 1. The van der Waals surface area contributed by atoms with E-state index < -0.39 is 0 Å². The Hall–Kier alpha value is -1.40. The van der Waals surface area contributed by atoms with Crippen LogP contribution >= 0.6 is 11.3 Å². The maximum atomic E-state index is 12.4. The van der Waals surface area contributed by atoms with Crippen molar-refractivity contribution in [3.05, 3.63) is 16.5 Å². The molecule has 2 atom stereocenters. The summed E-state index contributed by atoms with van der Waals surface area (Å²) in [5, 5.41) is 5.64. The molecule has 2 fully saturated rings. The van der Waals surface area contributed by atoms with Crippen molar-refractivity contribution >= 4 is 28.2 Å². The first-order valence-corrected chi connectivity index (χ1v) is 9.88. The molecule has 1 aliphatic carbocycles. The van der Waals surface area contributed by atoms with E-state index in [2.05, 4.69) is 12.2 Å². The summed E-state index contributed by atoms with van der Waals surface area (Å²) in [4.78, 5) is 26.1. The molecule has 0 spiro atoms. The summed E-state index contributed by atoms with van der Waals surface area (Å²) in [5.41, 5.74) is 1.63. The summed E-state index contributed by atoms with van der Waals surface area (Å²) in [6, 6.07) is 0. The number of likely N-dealkylation sites (tertiary alicyclic amines) is 1. The molecule has 2 N–H and O–H groups in total. The highest BCUT2D eigenvalue weighted by atomic mass is 32.1. The van der Waals surface area contributed by atoms with Crippen molar-refractivity contribution in [2.24, 2.45) is 5.92 Å². The third-order valence-electron chi connectivity index (χ3n) is 4.84. The summed E-state index contributed by atoms with van der Waals surface area (Å²) < 4.78 is 5.20. The van der Waals surface area contributed by atoms with Crippen LogP contribution < -0.4 is 10.2 Å². The molecule has 0 aromatic carbocycles. The predicted molar refractivity (Wildman–Crippen MR) is 94.8 cm³/mol. The second-order valence-electron chi connectivity index (χ2n) is 7.07. The number of rotatable bonds is 6. The monoisotopic (exact) mass is 351 g/mol. The Labute approximate surface area is 147 Å². The van der Waals surface area contributed by atoms with Crippen LogP contribution in [0, 0.1) is 5.92 Å². The number of piperidine rings is 1. The van der Waals surface area contributed by atoms with Crippen LogP contribution in [0.5, 0.6) is 0 Å². The summed E-state index contributed by atoms with van der Waals surface area (Å²) in [6.45, 7) is 6.98. The van der Waals surface area contributed by atoms with Crippen LogP contribution in [0.3, 0.4) is 0 Å². The van der Waals surface area contributed by atoms with Gasteiger partial charge in [-0.15, -0.1) is 11.3 Å². The molecule has 6 heteroatoms. The number of carbonyl (C=O) groups excluding carboxylic acids is 2. The summed E-state index contributed by atoms with van der Waals surface area (Å²) in [7, 11) is 0. The number of anilines is 1. The van der Waals surface area contributed by atoms with Gasteiger partial charge in [0.2, 0.25) is 0 Å². The van der Waals surface area contributed by atoms with Crippen molar-refractivity contribution < 1.29 is 19.2 Å². The van der Waals surface area contributed by atoms with Gasteiger partial charge in [-0.25, -0.2) is 4.79 Å². The standard InChI is InChI=1S/C18H26N2O3S/c1-3-23-18(22)16-14(13-6-7-13)11-24-17(16)19-15(21)10-20-8-4-5-12(2)9-20/h11-13H,3-10H2,1-2H3,(H,19,21)/p+1/t12-/m1/s1. The summed E-state index contributed by atoms with van der Waals surface area (Å²) >= 11 is 1.45. The molecule has 1 unspecified atom stereocenters. The lowest BCUT2D eigenvalue weighted by atomic mass is 10.0. The predicted octanol–water partition coefficient (Wildman–Crippen LogP) is 2.06. The highest BCUT2D eigenvalue weighted by Gasteiger charge is 2.32. The average Bonchev–Trinajstić information content (AvgIpc) is 3.29. The van der Waals surface area contributed by atoms with E-state index >= 15 is 0 Å². The van der Waals surface area contributed by atoms with Crippen LogP contribution in [-0.2, 0) is 9.53 Å². The van der Waals surface area contributed by atoms with E-state index in [0.717, 1.165) is 31.5 Å². The molecule has 132 valence electrons. The molecule has 1 aromatic rings. The molecule has 0 radical (unpaired) electrons. The fourth-order valence-electron chi connectivity index (χ4n) is 3.53. The van der Waals surface area contributed by atoms with Gasteiger partial charge in [-0.05, 0) is 49.5 Å². The Bertz CT molecular complexity index is 609. The second-order valence-corrected chi connectivity index (χ2v) is 7.95. The zero-order valence-electron chi connectivity index (χ0n) is 14.5. The highest BCUT2D eigenvalue weighted by Crippen LogP contribution is 2.46. The van der Waals surface area contributed by atoms with Gasteiger partial charge in [-0.1, -0.05) is 6.92 Å². The van der Waals surface area contributed by atoms with Crippen molar-refractivity contribution in [2.45, 2.75) is 45.4 Å². The van der Waals surface area contributed by atoms with Crippen molar-refractivity contribution in [3.8, 4) is 0 Å². The largest absolute Gasteiger partial charge is 0.462 e. The van der Waals surface area contributed by atoms with Gasteiger partial charge in [0.05, 0.1) is 25.3 Å². The highest BCUT2D eigenvalue weighted by molar-refractivity contribution is 7.15. The fraction of sp³-hybridized carbons (Fsp3) is 0.667. The number of esters is 1. The lowest BCUT2D eigenvalue weighted by Gasteiger charge is -2.27. The Morgan fingerprint density at radius 3 is 2.83 bits per heavy atom. The van der Waals surface area contributed by atoms with Gasteiger partial charge in [0, 0.05) is 5.92 Å². The maximum absolute atomic E-state index is 12.4. The molecule has 1 aromatic heterocycles. The number of amides is 1. The molecule has 24 heavy (non-hydrogen) atoms. The van der Waals surface area contributed by atoms with Gasteiger partial charge < -0.3 is 15.0 Å². The Morgan fingerprint density at radius 2 is 2.17 bits per heavy atom. The van der Waals surface area contributed by atoms with Crippen molar-refractivity contribution in [2.75, 3.05) is 31.6 Å². The minimum Gasteiger partial charge on any atom is -0.462 e. The SMILES string of the molecule is CCOC(=O)c1c(C2CC2)csc1NC(=O)C[NH+]1CCC[C@@H](C)C1. The quantitative estimate of drug-likeness (QED) is 0.771. The molecule has 5 nitrogen and oxygen atoms in total. The van der Waals surface area contributed by atoms with Gasteiger partial charge in [-0.3, -0.25) is 4.79 Å². The number of quaternary nitrogens is 1. The lowest BCUT2D eigenvalue weighted by molar-refractivity contribution is -0.900. The molecule has 1 saturated carbocycles. The van der Waals surface area contributed by atoms with Crippen molar-refractivity contribution in [1.29, 1.82) is 0 Å². The van der Waals surface area contributed by atoms with Crippen molar-refractivity contribution in [3.63, 3.8) is 0 Å². The third-order valence-corrected chi connectivity index (χ3v) is 5.76. The first-order valence-electron chi connectivity index (χ1n) is 9.00. The Kier molecular flexibility index (Phi) is 5.56. The third kappa shape index (κ3) is 4.16. The van der Waals surface area contributed by atoms with Crippen molar-refractivity contribution in [1.82, 2.24) is 0 Å². The van der Waals surface area contributed by atoms with Crippen LogP contribution in [0.15, 0.2) is 5.38 Å². The molecule has 2 aliphatic rings. The smallest absolute Gasteiger partial charge is 0.341 e. The molecular weight excluding hydrogens is 324 g/mol. The summed E-state index contributed by atoms with van der Waals surface area (Å²) in [5.74, 6) is 0.823. The molecule has 1 saturated heterocycles. The van der Waals surface area contributed by atoms with Crippen LogP contribution in [0.1, 0.15) is 61.4 Å². The van der Waals surface area contributed by atoms with Crippen LogP contribution in [0.25, 0.3) is 0 Å². The van der Waals surface area contributed by atoms with E-state index in [1.54, 1.807) is 6.92 Å². The molecule has 3 rings (SSSR count). The Morgan fingerprint density at radius 1 is 1.38 bits per heavy atom. The number of thiophene rings is 1. The molecule has 1 aliphatic heterocycles. The topological polar surface area (TPSA) is 59.8 Å². The zero-order chi connectivity index (χ0) is 17.1. The van der Waals surface area contributed by atoms with E-state index in [1.165, 1.54) is 29.1 Å². The van der Waals surface area contributed by atoms with Gasteiger partial charge in [0.15, 0.2) is 6.54 Å². The molecule has 0 bridgehead atoms. The minimum atomic E-state index is -0.310. The number of hydrogen-bond acceptors (Lipinski definition) is 4. The molecule has 1 amide bonds. The first-order chi connectivity index (χ1) is 11.6. The lowest BCUT2D eigenvalue weighted by Crippen LogP contribution is -3.14. The van der Waals surface area contributed by atoms with Gasteiger partial charge in [0.1, 0.15) is 5.00 Å². The second kappa shape index (κ2) is 7.66. The van der Waals surface area contributed by atoms with E-state index in [4.69, 9.17) is 4.74 Å². The number of hydrogen-bond donors (Lipinski definition) is 2. The fourth-order valence-corrected chi connectivity index (χ4v) is 4.57. The van der Waals surface area contributed by atoms with Crippen LogP contribution in [-0.4, -0.2) is 38.1 Å². The Balaban J connectivity index is 1.67. The van der Waals surface area contributed by atoms with E-state index in [0.29, 0.717) is 35.6 Å². The first kappa shape index (κ1) is 17.4. The molecule has 2 heterocycles. The summed E-state index contributed by atoms with van der Waals surface area (Å²) in [6.07, 6.45) is 4.68. The van der Waals surface area contributed by atoms with Gasteiger partial charge in [-0.2, -0.15) is 0 Å². The van der Waals surface area contributed by atoms with Gasteiger partial charge in [0.25, 0.3) is 5.91 Å². The average molecular weight is 351 g/mol. The maximum Gasteiger partial charge on any atom is 0.341 e. The van der Waals surface area contributed by atoms with Crippen LogP contribution in [0.2, 0.25) is 0 Å². The van der Waals surface area contributed by atoms with E-state index in [9.17, 15) is 9.59 Å². The normalized spacial score (nSPS) is 23.8. The van der Waals surface area contributed by atoms with E-state index in [1.807, 2.05) is 5.38 Å². The number of nitrogens with one attached hydrogen (secondary N) is 2. The van der Waals surface area contributed by atoms with Crippen LogP contribution in [0.4, 0.5) is 5.00 Å². The zero-order valence-corrected chi connectivity index (χ0v) is 15.3. The van der Waals surface area contributed by atoms with E-state index in [-0.39, 0.29) is 11.9 Å². The minimum absolute atomic E-state index is 0.00570. The van der Waals surface area contributed by atoms with Gasteiger partial charge >= 0.3 is 5.97 Å². The number of carbonyl (C=O) groups is 2. The molecular formula is C18H27N2O3S+.